The van der Waals surface area contributed by atoms with Crippen LogP contribution in [-0.2, 0) is 4.79 Å². The summed E-state index contributed by atoms with van der Waals surface area (Å²) in [6, 6.07) is 13.1. The van der Waals surface area contributed by atoms with Crippen molar-refractivity contribution in [3.05, 3.63) is 64.7 Å². The first kappa shape index (κ1) is 17.0. The summed E-state index contributed by atoms with van der Waals surface area (Å²) in [5, 5.41) is 9.66. The highest BCUT2D eigenvalue weighted by Crippen LogP contribution is 2.19. The Morgan fingerprint density at radius 2 is 1.57 bits per heavy atom. The second-order valence-corrected chi connectivity index (χ2v) is 5.53. The van der Waals surface area contributed by atoms with Crippen molar-refractivity contribution in [3.8, 4) is 5.75 Å². The van der Waals surface area contributed by atoms with Gasteiger partial charge in [0.05, 0.1) is 0 Å². The number of hydrogen-bond acceptors (Lipinski definition) is 3. The van der Waals surface area contributed by atoms with Crippen molar-refractivity contribution in [2.24, 2.45) is 0 Å². The first-order valence-corrected chi connectivity index (χ1v) is 7.69. The molecule has 23 heavy (non-hydrogen) atoms. The van der Waals surface area contributed by atoms with Gasteiger partial charge in [0.1, 0.15) is 5.75 Å². The van der Waals surface area contributed by atoms with E-state index in [4.69, 9.17) is 21.4 Å². The lowest BCUT2D eigenvalue weighted by Gasteiger charge is -2.14. The largest absolute Gasteiger partial charge is 0.479 e. The molecule has 2 rings (SSSR count). The molecular weight excluding hydrogens is 316 g/mol. The minimum atomic E-state index is -0.992. The number of ether oxygens (including phenoxy) is 1. The maximum absolute atomic E-state index is 12.3. The summed E-state index contributed by atoms with van der Waals surface area (Å²) in [4.78, 5) is 23.4. The van der Waals surface area contributed by atoms with Gasteiger partial charge in [0, 0.05) is 16.1 Å². The number of carbonyl (C=O) groups excluding carboxylic acids is 1. The second kappa shape index (κ2) is 7.79. The first-order chi connectivity index (χ1) is 11.0. The topological polar surface area (TPSA) is 63.6 Å². The minimum Gasteiger partial charge on any atom is -0.479 e. The van der Waals surface area contributed by atoms with E-state index in [0.29, 0.717) is 34.7 Å². The van der Waals surface area contributed by atoms with E-state index >= 15 is 0 Å². The van der Waals surface area contributed by atoms with Crippen molar-refractivity contribution in [2.75, 3.05) is 0 Å². The van der Waals surface area contributed by atoms with Crippen LogP contribution in [0.5, 0.6) is 5.75 Å². The monoisotopic (exact) mass is 332 g/mol. The number of carboxylic acid groups (broad SMARTS) is 1. The molecule has 0 spiro atoms. The Morgan fingerprint density at radius 1 is 1.04 bits per heavy atom. The summed E-state index contributed by atoms with van der Waals surface area (Å²) in [6.07, 6.45) is 0.267. The molecule has 1 N–H and O–H groups in total. The average molecular weight is 333 g/mol. The predicted molar refractivity (Wildman–Crippen MR) is 88.3 cm³/mol. The van der Waals surface area contributed by atoms with Crippen LogP contribution in [0.2, 0.25) is 5.02 Å². The van der Waals surface area contributed by atoms with Crippen LogP contribution in [0.4, 0.5) is 0 Å². The van der Waals surface area contributed by atoms with E-state index in [1.54, 1.807) is 48.5 Å². The lowest BCUT2D eigenvalue weighted by atomic mass is 10.0. The zero-order chi connectivity index (χ0) is 16.8. The van der Waals surface area contributed by atoms with Crippen LogP contribution >= 0.6 is 11.6 Å². The Hall–Kier alpha value is -2.33. The van der Waals surface area contributed by atoms with Crippen LogP contribution in [0.3, 0.4) is 0 Å². The zero-order valence-corrected chi connectivity index (χ0v) is 13.4. The maximum Gasteiger partial charge on any atom is 0.344 e. The molecule has 1 unspecified atom stereocenters. The van der Waals surface area contributed by atoms with Crippen molar-refractivity contribution in [1.29, 1.82) is 0 Å². The molecule has 0 radical (unpaired) electrons. The van der Waals surface area contributed by atoms with Gasteiger partial charge in [-0.1, -0.05) is 24.9 Å². The fourth-order valence-electron chi connectivity index (χ4n) is 2.11. The Balaban J connectivity index is 2.11. The highest BCUT2D eigenvalue weighted by molar-refractivity contribution is 6.30. The van der Waals surface area contributed by atoms with Gasteiger partial charge < -0.3 is 9.84 Å². The number of benzene rings is 2. The van der Waals surface area contributed by atoms with Gasteiger partial charge in [-0.3, -0.25) is 4.79 Å². The average Bonchev–Trinajstić information content (AvgIpc) is 2.55. The third-order valence-corrected chi connectivity index (χ3v) is 3.58. The van der Waals surface area contributed by atoms with Crippen molar-refractivity contribution < 1.29 is 19.4 Å². The van der Waals surface area contributed by atoms with Crippen LogP contribution in [-0.4, -0.2) is 23.0 Å². The molecule has 0 saturated heterocycles. The van der Waals surface area contributed by atoms with Gasteiger partial charge in [0.25, 0.3) is 0 Å². The number of carbonyl (C=O) groups is 2. The summed E-state index contributed by atoms with van der Waals surface area (Å²) in [6.45, 7) is 1.90. The van der Waals surface area contributed by atoms with Crippen LogP contribution in [0.15, 0.2) is 48.5 Å². The highest BCUT2D eigenvalue weighted by atomic mass is 35.5. The Labute approximate surface area is 139 Å². The molecule has 0 aromatic heterocycles. The Bertz CT molecular complexity index is 677. The SMILES string of the molecule is CCCC(Oc1ccc(C(=O)c2ccc(Cl)cc2)cc1)C(=O)O. The number of rotatable bonds is 7. The third-order valence-electron chi connectivity index (χ3n) is 3.33. The van der Waals surface area contributed by atoms with E-state index in [1.165, 1.54) is 0 Å². The van der Waals surface area contributed by atoms with Gasteiger partial charge in [-0.05, 0) is 55.0 Å². The molecule has 0 saturated carbocycles. The molecule has 2 aromatic carbocycles. The summed E-state index contributed by atoms with van der Waals surface area (Å²) < 4.78 is 5.44. The molecule has 0 bridgehead atoms. The second-order valence-electron chi connectivity index (χ2n) is 5.09. The third kappa shape index (κ3) is 4.57. The number of hydrogen-bond donors (Lipinski definition) is 1. The molecule has 120 valence electrons. The fraction of sp³-hybridized carbons (Fsp3) is 0.222. The molecule has 2 aromatic rings. The van der Waals surface area contributed by atoms with Crippen LogP contribution in [0.25, 0.3) is 0 Å². The molecule has 0 aliphatic heterocycles. The minimum absolute atomic E-state index is 0.128. The molecule has 0 aliphatic rings. The standard InChI is InChI=1S/C18H17ClO4/c1-2-3-16(18(21)22)23-15-10-6-13(7-11-15)17(20)12-4-8-14(19)9-5-12/h4-11,16H,2-3H2,1H3,(H,21,22). The summed E-state index contributed by atoms with van der Waals surface area (Å²) >= 11 is 5.81. The lowest BCUT2D eigenvalue weighted by Crippen LogP contribution is -2.26. The molecule has 0 fully saturated rings. The van der Waals surface area contributed by atoms with Gasteiger partial charge in [-0.2, -0.15) is 0 Å². The normalized spacial score (nSPS) is 11.7. The molecule has 0 amide bonds. The first-order valence-electron chi connectivity index (χ1n) is 7.31. The number of ketones is 1. The van der Waals surface area contributed by atoms with E-state index in [0.717, 1.165) is 0 Å². The van der Waals surface area contributed by atoms with Crippen molar-refractivity contribution in [3.63, 3.8) is 0 Å². The van der Waals surface area contributed by atoms with E-state index in [-0.39, 0.29) is 5.78 Å². The van der Waals surface area contributed by atoms with Crippen LogP contribution < -0.4 is 4.74 Å². The molecule has 1 atom stereocenters. The predicted octanol–water partition coefficient (Wildman–Crippen LogP) is 4.20. The van der Waals surface area contributed by atoms with Crippen molar-refractivity contribution in [1.82, 2.24) is 0 Å². The molecule has 5 heteroatoms. The Morgan fingerprint density at radius 3 is 2.04 bits per heavy atom. The summed E-state index contributed by atoms with van der Waals surface area (Å²) in [7, 11) is 0. The summed E-state index contributed by atoms with van der Waals surface area (Å²) in [5.74, 6) is -0.691. The van der Waals surface area contributed by atoms with E-state index in [2.05, 4.69) is 0 Å². The summed E-state index contributed by atoms with van der Waals surface area (Å²) in [5.41, 5.74) is 1.04. The molecule has 0 heterocycles. The number of aliphatic carboxylic acids is 1. The smallest absolute Gasteiger partial charge is 0.344 e. The van der Waals surface area contributed by atoms with Crippen molar-refractivity contribution in [2.45, 2.75) is 25.9 Å². The van der Waals surface area contributed by atoms with Gasteiger partial charge in [0.2, 0.25) is 0 Å². The maximum atomic E-state index is 12.3. The quantitative estimate of drug-likeness (QED) is 0.772. The number of halogens is 1. The molecule has 4 nitrogen and oxygen atoms in total. The van der Waals surface area contributed by atoms with E-state index in [9.17, 15) is 9.59 Å². The van der Waals surface area contributed by atoms with Gasteiger partial charge in [0.15, 0.2) is 11.9 Å². The molecule has 0 aliphatic carbocycles. The molecular formula is C18H17ClO4. The van der Waals surface area contributed by atoms with Gasteiger partial charge in [-0.25, -0.2) is 4.79 Å². The van der Waals surface area contributed by atoms with E-state index in [1.807, 2.05) is 6.92 Å². The number of carboxylic acids is 1. The van der Waals surface area contributed by atoms with E-state index < -0.39 is 12.1 Å². The van der Waals surface area contributed by atoms with Gasteiger partial charge >= 0.3 is 5.97 Å². The zero-order valence-electron chi connectivity index (χ0n) is 12.7. The van der Waals surface area contributed by atoms with Crippen LogP contribution in [0.1, 0.15) is 35.7 Å². The lowest BCUT2D eigenvalue weighted by molar-refractivity contribution is -0.145. The highest BCUT2D eigenvalue weighted by Gasteiger charge is 2.18. The van der Waals surface area contributed by atoms with Gasteiger partial charge in [-0.15, -0.1) is 0 Å². The fourth-order valence-corrected chi connectivity index (χ4v) is 2.24. The Kier molecular flexibility index (Phi) is 5.77. The van der Waals surface area contributed by atoms with Crippen LogP contribution in [0, 0.1) is 0 Å². The van der Waals surface area contributed by atoms with Crippen molar-refractivity contribution >= 4 is 23.4 Å².